The molecule has 1 aliphatic rings. The standard InChI is InChI=1S/C20H21F2N7O2S/c1-12(13-4-2-5-15(10-13)31-18(21)22)17(30)25-20-28-27-19(32-20)24-14-7-9-29(11-14)16-6-3-8-23-26-16/h2-6,8,10,12,14,18H,7,9,11H2,1H3,(H,24,27)(H,25,28,30)/t12-,14+/m0/s1. The summed E-state index contributed by atoms with van der Waals surface area (Å²) in [6.45, 7) is 0.365. The number of benzene rings is 1. The lowest BCUT2D eigenvalue weighted by Gasteiger charge is -2.16. The molecule has 1 fully saturated rings. The van der Waals surface area contributed by atoms with Gasteiger partial charge in [0, 0.05) is 25.3 Å². The third kappa shape index (κ3) is 5.44. The van der Waals surface area contributed by atoms with Gasteiger partial charge in [0.25, 0.3) is 0 Å². The molecule has 0 radical (unpaired) electrons. The highest BCUT2D eigenvalue weighted by Gasteiger charge is 2.25. The molecule has 168 valence electrons. The molecule has 3 aromatic rings. The van der Waals surface area contributed by atoms with E-state index in [0.717, 1.165) is 25.3 Å². The maximum Gasteiger partial charge on any atom is 0.387 e. The van der Waals surface area contributed by atoms with E-state index in [2.05, 4.69) is 40.7 Å². The topological polar surface area (TPSA) is 105 Å². The van der Waals surface area contributed by atoms with Gasteiger partial charge < -0.3 is 15.0 Å². The van der Waals surface area contributed by atoms with Gasteiger partial charge >= 0.3 is 6.61 Å². The van der Waals surface area contributed by atoms with Crippen molar-refractivity contribution in [1.82, 2.24) is 20.4 Å². The van der Waals surface area contributed by atoms with Crippen molar-refractivity contribution in [3.05, 3.63) is 48.2 Å². The third-order valence-corrected chi connectivity index (χ3v) is 5.80. The number of aromatic nitrogens is 4. The maximum absolute atomic E-state index is 12.6. The van der Waals surface area contributed by atoms with Gasteiger partial charge in [0.1, 0.15) is 5.75 Å². The summed E-state index contributed by atoms with van der Waals surface area (Å²) in [5.74, 6) is -0.0749. The molecule has 1 amide bonds. The lowest BCUT2D eigenvalue weighted by molar-refractivity contribution is -0.117. The number of nitrogens with one attached hydrogen (secondary N) is 2. The predicted molar refractivity (Wildman–Crippen MR) is 116 cm³/mol. The summed E-state index contributed by atoms with van der Waals surface area (Å²) in [5, 5.41) is 23.2. The molecule has 2 aromatic heterocycles. The number of amides is 1. The molecule has 0 unspecified atom stereocenters. The largest absolute Gasteiger partial charge is 0.435 e. The highest BCUT2D eigenvalue weighted by Crippen LogP contribution is 2.27. The Hall–Kier alpha value is -3.41. The Morgan fingerprint density at radius 3 is 2.84 bits per heavy atom. The van der Waals surface area contributed by atoms with Gasteiger partial charge in [0.15, 0.2) is 5.82 Å². The smallest absolute Gasteiger partial charge is 0.387 e. The number of rotatable bonds is 8. The number of hydrogen-bond donors (Lipinski definition) is 2. The molecule has 0 saturated carbocycles. The average molecular weight is 461 g/mol. The first-order valence-electron chi connectivity index (χ1n) is 9.96. The van der Waals surface area contributed by atoms with E-state index in [9.17, 15) is 13.6 Å². The second-order valence-electron chi connectivity index (χ2n) is 7.23. The molecule has 0 bridgehead atoms. The second-order valence-corrected chi connectivity index (χ2v) is 8.21. The Kier molecular flexibility index (Phi) is 6.69. The highest BCUT2D eigenvalue weighted by molar-refractivity contribution is 7.19. The maximum atomic E-state index is 12.6. The average Bonchev–Trinajstić information content (AvgIpc) is 3.43. The summed E-state index contributed by atoms with van der Waals surface area (Å²) in [7, 11) is 0. The molecule has 4 rings (SSSR count). The summed E-state index contributed by atoms with van der Waals surface area (Å²) in [6.07, 6.45) is 2.55. The monoisotopic (exact) mass is 461 g/mol. The van der Waals surface area contributed by atoms with Gasteiger partial charge in [-0.3, -0.25) is 10.1 Å². The minimum absolute atomic E-state index is 0.00615. The van der Waals surface area contributed by atoms with Crippen molar-refractivity contribution >= 4 is 33.3 Å². The Bertz CT molecular complexity index is 1050. The zero-order valence-electron chi connectivity index (χ0n) is 17.1. The van der Waals surface area contributed by atoms with E-state index < -0.39 is 12.5 Å². The third-order valence-electron chi connectivity index (χ3n) is 5.03. The minimum Gasteiger partial charge on any atom is -0.435 e. The van der Waals surface area contributed by atoms with E-state index in [0.29, 0.717) is 15.8 Å². The molecule has 1 saturated heterocycles. The van der Waals surface area contributed by atoms with Crippen molar-refractivity contribution in [3.63, 3.8) is 0 Å². The van der Waals surface area contributed by atoms with Crippen molar-refractivity contribution in [2.24, 2.45) is 0 Å². The van der Waals surface area contributed by atoms with Gasteiger partial charge in [0.05, 0.1) is 5.92 Å². The highest BCUT2D eigenvalue weighted by atomic mass is 32.1. The van der Waals surface area contributed by atoms with E-state index in [-0.39, 0.29) is 17.7 Å². The first-order chi connectivity index (χ1) is 15.5. The van der Waals surface area contributed by atoms with Crippen LogP contribution in [0.5, 0.6) is 5.75 Å². The van der Waals surface area contributed by atoms with Gasteiger partial charge in [-0.15, -0.1) is 15.3 Å². The summed E-state index contributed by atoms with van der Waals surface area (Å²) >= 11 is 1.23. The number of carbonyl (C=O) groups is 1. The zero-order valence-corrected chi connectivity index (χ0v) is 17.9. The van der Waals surface area contributed by atoms with Crippen molar-refractivity contribution in [2.75, 3.05) is 28.6 Å². The zero-order chi connectivity index (χ0) is 22.5. The first-order valence-corrected chi connectivity index (χ1v) is 10.8. The van der Waals surface area contributed by atoms with Crippen molar-refractivity contribution in [1.29, 1.82) is 0 Å². The summed E-state index contributed by atoms with van der Waals surface area (Å²) in [5.41, 5.74) is 0.554. The summed E-state index contributed by atoms with van der Waals surface area (Å²) in [4.78, 5) is 14.7. The van der Waals surface area contributed by atoms with Crippen LogP contribution in [-0.4, -0.2) is 52.0 Å². The molecule has 0 spiro atoms. The van der Waals surface area contributed by atoms with E-state index in [1.165, 1.54) is 23.5 Å². The Morgan fingerprint density at radius 1 is 1.22 bits per heavy atom. The van der Waals surface area contributed by atoms with Crippen LogP contribution in [0.3, 0.4) is 0 Å². The molecular formula is C20H21F2N7O2S. The van der Waals surface area contributed by atoms with Gasteiger partial charge in [-0.1, -0.05) is 23.5 Å². The lowest BCUT2D eigenvalue weighted by atomic mass is 10.0. The molecule has 2 atom stereocenters. The number of ether oxygens (including phenoxy) is 1. The number of carbonyl (C=O) groups excluding carboxylic acids is 1. The van der Waals surface area contributed by atoms with Crippen LogP contribution in [0.4, 0.5) is 24.9 Å². The predicted octanol–water partition coefficient (Wildman–Crippen LogP) is 3.36. The van der Waals surface area contributed by atoms with E-state index in [4.69, 9.17) is 0 Å². The fraction of sp³-hybridized carbons (Fsp3) is 0.350. The van der Waals surface area contributed by atoms with Crippen LogP contribution < -0.4 is 20.3 Å². The molecule has 1 aromatic carbocycles. The Labute approximate surface area is 186 Å². The van der Waals surface area contributed by atoms with Crippen molar-refractivity contribution < 1.29 is 18.3 Å². The normalized spacial score (nSPS) is 16.8. The van der Waals surface area contributed by atoms with E-state index in [1.54, 1.807) is 25.3 Å². The van der Waals surface area contributed by atoms with E-state index >= 15 is 0 Å². The fourth-order valence-corrected chi connectivity index (χ4v) is 4.10. The van der Waals surface area contributed by atoms with Crippen LogP contribution in [0.25, 0.3) is 0 Å². The molecule has 3 heterocycles. The van der Waals surface area contributed by atoms with Crippen molar-refractivity contribution in [3.8, 4) is 5.75 Å². The first kappa shape index (κ1) is 21.8. The van der Waals surface area contributed by atoms with Crippen LogP contribution in [0, 0.1) is 0 Å². The van der Waals surface area contributed by atoms with Crippen LogP contribution in [0.15, 0.2) is 42.6 Å². The number of anilines is 3. The van der Waals surface area contributed by atoms with Gasteiger partial charge in [-0.2, -0.15) is 13.9 Å². The Morgan fingerprint density at radius 2 is 2.06 bits per heavy atom. The SMILES string of the molecule is C[C@H](C(=O)Nc1nnc(N[C@@H]2CCN(c3cccnn3)C2)s1)c1cccc(OC(F)F)c1. The van der Waals surface area contributed by atoms with Gasteiger partial charge in [0.2, 0.25) is 16.2 Å². The van der Waals surface area contributed by atoms with E-state index in [1.807, 2.05) is 12.1 Å². The lowest BCUT2D eigenvalue weighted by Crippen LogP contribution is -2.26. The van der Waals surface area contributed by atoms with Crippen LogP contribution in [0.1, 0.15) is 24.8 Å². The van der Waals surface area contributed by atoms with Crippen molar-refractivity contribution in [2.45, 2.75) is 31.9 Å². The summed E-state index contributed by atoms with van der Waals surface area (Å²) < 4.78 is 29.3. The molecule has 0 aliphatic carbocycles. The quantitative estimate of drug-likeness (QED) is 0.526. The summed E-state index contributed by atoms with van der Waals surface area (Å²) in [6, 6.07) is 10.0. The van der Waals surface area contributed by atoms with Gasteiger partial charge in [-0.25, -0.2) is 0 Å². The van der Waals surface area contributed by atoms with Crippen LogP contribution >= 0.6 is 11.3 Å². The molecule has 2 N–H and O–H groups in total. The number of alkyl halides is 2. The number of nitrogens with zero attached hydrogens (tertiary/aromatic N) is 5. The fourth-order valence-electron chi connectivity index (χ4n) is 3.38. The molecule has 1 aliphatic heterocycles. The molecule has 9 nitrogen and oxygen atoms in total. The Balaban J connectivity index is 1.32. The van der Waals surface area contributed by atoms with Gasteiger partial charge in [-0.05, 0) is 43.2 Å². The van der Waals surface area contributed by atoms with Crippen LogP contribution in [0.2, 0.25) is 0 Å². The van der Waals surface area contributed by atoms with Crippen LogP contribution in [-0.2, 0) is 4.79 Å². The number of halogens is 2. The molecule has 12 heteroatoms. The molecular weight excluding hydrogens is 440 g/mol. The number of hydrogen-bond acceptors (Lipinski definition) is 9. The second kappa shape index (κ2) is 9.81. The minimum atomic E-state index is -2.92. The molecule has 32 heavy (non-hydrogen) atoms.